The van der Waals surface area contributed by atoms with E-state index in [1.807, 2.05) is 32.8 Å². The highest BCUT2D eigenvalue weighted by molar-refractivity contribution is 7.99. The maximum absolute atomic E-state index is 6.28. The van der Waals surface area contributed by atoms with Crippen LogP contribution >= 0.6 is 23.4 Å². The summed E-state index contributed by atoms with van der Waals surface area (Å²) in [5, 5.41) is 8.44. The largest absolute Gasteiger partial charge is 0.375 e. The summed E-state index contributed by atoms with van der Waals surface area (Å²) in [7, 11) is 3.85. The molecule has 18 heavy (non-hydrogen) atoms. The molecule has 0 spiro atoms. The molecule has 1 aromatic heterocycles. The first-order valence-corrected chi connectivity index (χ1v) is 7.71. The molecule has 2 unspecified atom stereocenters. The molecule has 0 amide bonds. The number of aromatic nitrogens is 2. The molecule has 4 nitrogen and oxygen atoms in total. The van der Waals surface area contributed by atoms with E-state index in [1.54, 1.807) is 4.68 Å². The molecule has 1 saturated heterocycles. The van der Waals surface area contributed by atoms with Crippen molar-refractivity contribution in [3.63, 3.8) is 0 Å². The third kappa shape index (κ3) is 3.02. The van der Waals surface area contributed by atoms with Crippen LogP contribution in [0.3, 0.4) is 0 Å². The van der Waals surface area contributed by atoms with Gasteiger partial charge in [-0.1, -0.05) is 11.6 Å². The lowest BCUT2D eigenvalue weighted by Crippen LogP contribution is -2.44. The number of thioether (sulfide) groups is 1. The van der Waals surface area contributed by atoms with Crippen molar-refractivity contribution in [3.05, 3.63) is 16.4 Å². The summed E-state index contributed by atoms with van der Waals surface area (Å²) >= 11 is 8.23. The molecule has 1 fully saturated rings. The number of rotatable bonds is 4. The zero-order valence-corrected chi connectivity index (χ0v) is 12.6. The van der Waals surface area contributed by atoms with Crippen LogP contribution in [0.4, 0.5) is 0 Å². The molecular formula is C12H20ClN3OS. The SMILES string of the molecule is CNC(Cc1c(C)nn(C)c1Cl)C1CSCCO1. The predicted molar refractivity (Wildman–Crippen MR) is 76.6 cm³/mol. The van der Waals surface area contributed by atoms with E-state index in [-0.39, 0.29) is 12.1 Å². The molecule has 0 radical (unpaired) electrons. The zero-order chi connectivity index (χ0) is 13.1. The summed E-state index contributed by atoms with van der Waals surface area (Å²) < 4.78 is 7.57. The van der Waals surface area contributed by atoms with Gasteiger partial charge < -0.3 is 10.1 Å². The lowest BCUT2D eigenvalue weighted by molar-refractivity contribution is 0.0492. The highest BCUT2D eigenvalue weighted by Gasteiger charge is 2.26. The monoisotopic (exact) mass is 289 g/mol. The number of hydrogen-bond acceptors (Lipinski definition) is 4. The average Bonchev–Trinajstić information content (AvgIpc) is 2.62. The molecule has 0 aliphatic carbocycles. The predicted octanol–water partition coefficient (Wildman–Crippen LogP) is 1.64. The Morgan fingerprint density at radius 2 is 2.44 bits per heavy atom. The number of aryl methyl sites for hydroxylation is 2. The molecule has 2 rings (SSSR count). The number of likely N-dealkylation sites (N-methyl/N-ethyl adjacent to an activating group) is 1. The van der Waals surface area contributed by atoms with Gasteiger partial charge in [0.25, 0.3) is 0 Å². The Kier molecular flexibility index (Phi) is 4.95. The standard InChI is InChI=1S/C12H20ClN3OS/c1-8-9(12(13)16(3)15-8)6-10(14-2)11-7-18-5-4-17-11/h10-11,14H,4-7H2,1-3H3. The Hall–Kier alpha value is -0.230. The lowest BCUT2D eigenvalue weighted by atomic mass is 10.0. The highest BCUT2D eigenvalue weighted by atomic mass is 35.5. The molecule has 6 heteroatoms. The first-order chi connectivity index (χ1) is 8.63. The second kappa shape index (κ2) is 6.28. The topological polar surface area (TPSA) is 39.1 Å². The van der Waals surface area contributed by atoms with Crippen molar-refractivity contribution in [2.45, 2.75) is 25.5 Å². The van der Waals surface area contributed by atoms with E-state index in [0.29, 0.717) is 0 Å². The third-order valence-corrected chi connectivity index (χ3v) is 4.85. The summed E-state index contributed by atoms with van der Waals surface area (Å²) in [4.78, 5) is 0. The fraction of sp³-hybridized carbons (Fsp3) is 0.750. The minimum atomic E-state index is 0.254. The Morgan fingerprint density at radius 1 is 1.67 bits per heavy atom. The van der Waals surface area contributed by atoms with Gasteiger partial charge in [-0.2, -0.15) is 16.9 Å². The first kappa shape index (κ1) is 14.2. The number of hydrogen-bond donors (Lipinski definition) is 1. The number of ether oxygens (including phenoxy) is 1. The van der Waals surface area contributed by atoms with Crippen LogP contribution in [0.1, 0.15) is 11.3 Å². The quantitative estimate of drug-likeness (QED) is 0.915. The average molecular weight is 290 g/mol. The second-order valence-corrected chi connectivity index (χ2v) is 6.07. The van der Waals surface area contributed by atoms with Crippen LogP contribution in [0.2, 0.25) is 5.15 Å². The number of nitrogens with zero attached hydrogens (tertiary/aromatic N) is 2. The summed E-state index contributed by atoms with van der Waals surface area (Å²) in [6, 6.07) is 0.290. The van der Waals surface area contributed by atoms with Crippen molar-refractivity contribution >= 4 is 23.4 Å². The summed E-state index contributed by atoms with van der Waals surface area (Å²) in [6.45, 7) is 2.84. The van der Waals surface area contributed by atoms with Crippen LogP contribution in [-0.2, 0) is 18.2 Å². The van der Waals surface area contributed by atoms with Crippen LogP contribution in [0, 0.1) is 6.92 Å². The van der Waals surface area contributed by atoms with Crippen molar-refractivity contribution in [1.29, 1.82) is 0 Å². The van der Waals surface area contributed by atoms with E-state index in [9.17, 15) is 0 Å². The van der Waals surface area contributed by atoms with E-state index >= 15 is 0 Å². The van der Waals surface area contributed by atoms with Gasteiger partial charge in [-0.3, -0.25) is 4.68 Å². The molecule has 102 valence electrons. The van der Waals surface area contributed by atoms with Crippen molar-refractivity contribution in [3.8, 4) is 0 Å². The second-order valence-electron chi connectivity index (χ2n) is 4.56. The van der Waals surface area contributed by atoms with E-state index in [2.05, 4.69) is 10.4 Å². The van der Waals surface area contributed by atoms with Gasteiger partial charge in [0.05, 0.1) is 18.4 Å². The maximum atomic E-state index is 6.28. The lowest BCUT2D eigenvalue weighted by Gasteiger charge is -2.30. The molecule has 1 N–H and O–H groups in total. The minimum absolute atomic E-state index is 0.254. The van der Waals surface area contributed by atoms with E-state index < -0.39 is 0 Å². The molecule has 1 aliphatic rings. The van der Waals surface area contributed by atoms with Crippen molar-refractivity contribution in [2.24, 2.45) is 7.05 Å². The van der Waals surface area contributed by atoms with E-state index in [1.165, 1.54) is 0 Å². The smallest absolute Gasteiger partial charge is 0.130 e. The van der Waals surface area contributed by atoms with Crippen LogP contribution in [0.25, 0.3) is 0 Å². The van der Waals surface area contributed by atoms with Crippen molar-refractivity contribution < 1.29 is 4.74 Å². The van der Waals surface area contributed by atoms with Crippen LogP contribution < -0.4 is 5.32 Å². The molecule has 0 bridgehead atoms. The van der Waals surface area contributed by atoms with Gasteiger partial charge in [0.2, 0.25) is 0 Å². The van der Waals surface area contributed by atoms with Crippen molar-refractivity contribution in [2.75, 3.05) is 25.2 Å². The molecule has 0 saturated carbocycles. The van der Waals surface area contributed by atoms with E-state index in [4.69, 9.17) is 16.3 Å². The Bertz CT molecular complexity index is 404. The van der Waals surface area contributed by atoms with Crippen LogP contribution in [0.5, 0.6) is 0 Å². The molecule has 2 atom stereocenters. The van der Waals surface area contributed by atoms with Gasteiger partial charge in [0, 0.05) is 30.2 Å². The van der Waals surface area contributed by atoms with Crippen molar-refractivity contribution in [1.82, 2.24) is 15.1 Å². The number of nitrogens with one attached hydrogen (secondary N) is 1. The summed E-state index contributed by atoms with van der Waals surface area (Å²) in [5.74, 6) is 2.14. The maximum Gasteiger partial charge on any atom is 0.130 e. The Morgan fingerprint density at radius 3 is 2.94 bits per heavy atom. The molecule has 1 aromatic rings. The van der Waals surface area contributed by atoms with Crippen LogP contribution in [-0.4, -0.2) is 47.1 Å². The zero-order valence-electron chi connectivity index (χ0n) is 11.1. The third-order valence-electron chi connectivity index (χ3n) is 3.36. The van der Waals surface area contributed by atoms with Gasteiger partial charge in [0.15, 0.2) is 0 Å². The normalized spacial score (nSPS) is 22.1. The first-order valence-electron chi connectivity index (χ1n) is 6.18. The summed E-state index contributed by atoms with van der Waals surface area (Å²) in [5.41, 5.74) is 2.13. The van der Waals surface area contributed by atoms with Gasteiger partial charge in [-0.15, -0.1) is 0 Å². The van der Waals surface area contributed by atoms with Gasteiger partial charge in [-0.05, 0) is 20.4 Å². The van der Waals surface area contributed by atoms with Crippen LogP contribution in [0.15, 0.2) is 0 Å². The van der Waals surface area contributed by atoms with E-state index in [0.717, 1.165) is 40.9 Å². The molecule has 1 aliphatic heterocycles. The fourth-order valence-corrected chi connectivity index (χ4v) is 3.48. The fourth-order valence-electron chi connectivity index (χ4n) is 2.28. The molecule has 2 heterocycles. The number of halogens is 1. The molecular weight excluding hydrogens is 270 g/mol. The van der Waals surface area contributed by atoms with Gasteiger partial charge in [-0.25, -0.2) is 0 Å². The highest BCUT2D eigenvalue weighted by Crippen LogP contribution is 2.23. The Labute approximate surface area is 117 Å². The Balaban J connectivity index is 2.09. The van der Waals surface area contributed by atoms with Gasteiger partial charge in [0.1, 0.15) is 5.15 Å². The molecule has 0 aromatic carbocycles. The minimum Gasteiger partial charge on any atom is -0.375 e. The summed E-state index contributed by atoms with van der Waals surface area (Å²) in [6.07, 6.45) is 1.12. The van der Waals surface area contributed by atoms with Gasteiger partial charge >= 0.3 is 0 Å².